The first-order valence-electron chi connectivity index (χ1n) is 5.60. The summed E-state index contributed by atoms with van der Waals surface area (Å²) >= 11 is 12.2. The van der Waals surface area contributed by atoms with Crippen LogP contribution >= 0.6 is 23.2 Å². The highest BCUT2D eigenvalue weighted by atomic mass is 35.5. The molecule has 1 aromatic carbocycles. The molecule has 0 fully saturated rings. The highest BCUT2D eigenvalue weighted by Gasteiger charge is 2.16. The summed E-state index contributed by atoms with van der Waals surface area (Å²) in [5.74, 6) is -0.613. The number of nitrogens with zero attached hydrogens (tertiary/aromatic N) is 1. The maximum Gasteiger partial charge on any atom is 0.323 e. The minimum absolute atomic E-state index is 0.122. The van der Waals surface area contributed by atoms with E-state index in [1.165, 1.54) is 0 Å². The van der Waals surface area contributed by atoms with Crippen molar-refractivity contribution < 1.29 is 9.90 Å². The van der Waals surface area contributed by atoms with Crippen LogP contribution in [-0.4, -0.2) is 15.6 Å². The lowest BCUT2D eigenvalue weighted by molar-refractivity contribution is -0.137. The highest BCUT2D eigenvalue weighted by Crippen LogP contribution is 2.36. The molecule has 3 nitrogen and oxygen atoms in total. The van der Waals surface area contributed by atoms with Crippen molar-refractivity contribution in [2.75, 3.05) is 0 Å². The van der Waals surface area contributed by atoms with Gasteiger partial charge in [-0.15, -0.1) is 0 Å². The molecule has 1 N–H and O–H groups in total. The van der Waals surface area contributed by atoms with Crippen LogP contribution in [0.5, 0.6) is 0 Å². The van der Waals surface area contributed by atoms with E-state index in [1.54, 1.807) is 10.6 Å². The Bertz CT molecular complexity index is 617. The fourth-order valence-corrected chi connectivity index (χ4v) is 2.51. The quantitative estimate of drug-likeness (QED) is 0.920. The number of aromatic nitrogens is 1. The molecule has 0 aliphatic heterocycles. The van der Waals surface area contributed by atoms with E-state index in [0.29, 0.717) is 21.5 Å². The zero-order valence-electron chi connectivity index (χ0n) is 10.1. The van der Waals surface area contributed by atoms with Gasteiger partial charge < -0.3 is 9.67 Å². The smallest absolute Gasteiger partial charge is 0.323 e. The summed E-state index contributed by atoms with van der Waals surface area (Å²) in [6.07, 6.45) is 1.84. The normalized spacial score (nSPS) is 11.4. The van der Waals surface area contributed by atoms with Gasteiger partial charge in [0.1, 0.15) is 6.54 Å². The van der Waals surface area contributed by atoms with Crippen molar-refractivity contribution in [3.63, 3.8) is 0 Å². The standard InChI is InChI=1S/C13H13Cl2NO2/c1-7(2)9-5-16(6-11(17)18)13-8(9)3-4-10(14)12(13)15/h3-5,7H,6H2,1-2H3,(H,17,18). The Hall–Kier alpha value is -1.19. The lowest BCUT2D eigenvalue weighted by Gasteiger charge is -2.04. The number of aliphatic carboxylic acids is 1. The van der Waals surface area contributed by atoms with Crippen LogP contribution in [-0.2, 0) is 11.3 Å². The molecule has 2 rings (SSSR count). The van der Waals surface area contributed by atoms with Gasteiger partial charge in [-0.1, -0.05) is 43.1 Å². The first kappa shape index (κ1) is 13.2. The van der Waals surface area contributed by atoms with Crippen molar-refractivity contribution in [2.24, 2.45) is 0 Å². The van der Waals surface area contributed by atoms with Gasteiger partial charge in [-0.25, -0.2) is 0 Å². The second-order valence-corrected chi connectivity index (χ2v) is 5.30. The fourth-order valence-electron chi connectivity index (χ4n) is 2.09. The van der Waals surface area contributed by atoms with E-state index in [2.05, 4.69) is 13.8 Å². The van der Waals surface area contributed by atoms with Gasteiger partial charge in [-0.2, -0.15) is 0 Å². The van der Waals surface area contributed by atoms with Crippen LogP contribution in [0.2, 0.25) is 10.0 Å². The van der Waals surface area contributed by atoms with Gasteiger partial charge in [0.05, 0.1) is 15.6 Å². The summed E-state index contributed by atoms with van der Waals surface area (Å²) in [6.45, 7) is 3.99. The minimum Gasteiger partial charge on any atom is -0.480 e. The summed E-state index contributed by atoms with van der Waals surface area (Å²) in [6, 6.07) is 3.63. The molecular formula is C13H13Cl2NO2. The lowest BCUT2D eigenvalue weighted by atomic mass is 10.0. The summed E-state index contributed by atoms with van der Waals surface area (Å²) < 4.78 is 1.64. The van der Waals surface area contributed by atoms with E-state index in [-0.39, 0.29) is 6.54 Å². The van der Waals surface area contributed by atoms with Crippen LogP contribution in [0.25, 0.3) is 10.9 Å². The molecule has 0 aliphatic carbocycles. The third kappa shape index (κ3) is 2.20. The maximum atomic E-state index is 10.9. The van der Waals surface area contributed by atoms with E-state index in [0.717, 1.165) is 10.9 Å². The Morgan fingerprint density at radius 2 is 2.06 bits per heavy atom. The van der Waals surface area contributed by atoms with Gasteiger partial charge in [-0.05, 0) is 17.5 Å². The highest BCUT2D eigenvalue weighted by molar-refractivity contribution is 6.45. The number of carbonyl (C=O) groups is 1. The van der Waals surface area contributed by atoms with Gasteiger partial charge in [0.2, 0.25) is 0 Å². The molecule has 0 spiro atoms. The molecule has 0 bridgehead atoms. The SMILES string of the molecule is CC(C)c1cn(CC(=O)O)c2c(Cl)c(Cl)ccc12. The van der Waals surface area contributed by atoms with Crippen molar-refractivity contribution in [2.45, 2.75) is 26.3 Å². The van der Waals surface area contributed by atoms with Crippen molar-refractivity contribution in [3.8, 4) is 0 Å². The first-order valence-corrected chi connectivity index (χ1v) is 6.36. The summed E-state index contributed by atoms with van der Waals surface area (Å²) in [5.41, 5.74) is 1.76. The number of carboxylic acid groups (broad SMARTS) is 1. The molecule has 0 atom stereocenters. The van der Waals surface area contributed by atoms with E-state index in [9.17, 15) is 4.79 Å². The van der Waals surface area contributed by atoms with Crippen molar-refractivity contribution >= 4 is 40.1 Å². The molecule has 18 heavy (non-hydrogen) atoms. The maximum absolute atomic E-state index is 10.9. The van der Waals surface area contributed by atoms with E-state index in [4.69, 9.17) is 28.3 Å². The van der Waals surface area contributed by atoms with Gasteiger partial charge in [0.25, 0.3) is 0 Å². The minimum atomic E-state index is -0.904. The van der Waals surface area contributed by atoms with Gasteiger partial charge in [0, 0.05) is 11.6 Å². The van der Waals surface area contributed by atoms with Crippen LogP contribution < -0.4 is 0 Å². The van der Waals surface area contributed by atoms with Crippen LogP contribution in [0.3, 0.4) is 0 Å². The van der Waals surface area contributed by atoms with Gasteiger partial charge >= 0.3 is 5.97 Å². The molecule has 1 heterocycles. The molecule has 2 aromatic rings. The molecule has 0 aliphatic rings. The monoisotopic (exact) mass is 285 g/mol. The Balaban J connectivity index is 2.77. The summed E-state index contributed by atoms with van der Waals surface area (Å²) in [5, 5.41) is 10.7. The molecule has 0 saturated heterocycles. The summed E-state index contributed by atoms with van der Waals surface area (Å²) in [7, 11) is 0. The van der Waals surface area contributed by atoms with Crippen LogP contribution in [0.1, 0.15) is 25.3 Å². The van der Waals surface area contributed by atoms with E-state index < -0.39 is 5.97 Å². The topological polar surface area (TPSA) is 42.2 Å². The van der Waals surface area contributed by atoms with Crippen molar-refractivity contribution in [1.29, 1.82) is 0 Å². The first-order chi connectivity index (χ1) is 8.41. The van der Waals surface area contributed by atoms with E-state index >= 15 is 0 Å². The lowest BCUT2D eigenvalue weighted by Crippen LogP contribution is -2.07. The Morgan fingerprint density at radius 3 is 2.61 bits per heavy atom. The van der Waals surface area contributed by atoms with Crippen LogP contribution in [0, 0.1) is 0 Å². The molecule has 96 valence electrons. The number of fused-ring (bicyclic) bond motifs is 1. The van der Waals surface area contributed by atoms with Crippen molar-refractivity contribution in [1.82, 2.24) is 4.57 Å². The molecular weight excluding hydrogens is 273 g/mol. The van der Waals surface area contributed by atoms with Crippen molar-refractivity contribution in [3.05, 3.63) is 33.9 Å². The molecule has 1 aromatic heterocycles. The molecule has 0 radical (unpaired) electrons. The third-order valence-corrected chi connectivity index (χ3v) is 3.68. The Labute approximate surface area is 115 Å². The largest absolute Gasteiger partial charge is 0.480 e. The van der Waals surface area contributed by atoms with Gasteiger partial charge in [0.15, 0.2) is 0 Å². The van der Waals surface area contributed by atoms with Gasteiger partial charge in [-0.3, -0.25) is 4.79 Å². The average Bonchev–Trinajstić information content (AvgIpc) is 2.62. The second kappa shape index (κ2) is 4.82. The predicted molar refractivity (Wildman–Crippen MR) is 73.7 cm³/mol. The molecule has 5 heteroatoms. The fraction of sp³-hybridized carbons (Fsp3) is 0.308. The molecule has 0 saturated carbocycles. The summed E-state index contributed by atoms with van der Waals surface area (Å²) in [4.78, 5) is 10.9. The number of rotatable bonds is 3. The molecule has 0 amide bonds. The number of carboxylic acids is 1. The zero-order valence-corrected chi connectivity index (χ0v) is 11.6. The number of halogens is 2. The van der Waals surface area contributed by atoms with E-state index in [1.807, 2.05) is 12.3 Å². The number of benzene rings is 1. The zero-order chi connectivity index (χ0) is 13.4. The third-order valence-electron chi connectivity index (χ3n) is 2.89. The predicted octanol–water partition coefficient (Wildman–Crippen LogP) is 4.16. The van der Waals surface area contributed by atoms with Crippen LogP contribution in [0.15, 0.2) is 18.3 Å². The number of hydrogen-bond donors (Lipinski definition) is 1. The number of hydrogen-bond acceptors (Lipinski definition) is 1. The average molecular weight is 286 g/mol. The second-order valence-electron chi connectivity index (χ2n) is 4.52. The Kier molecular flexibility index (Phi) is 3.55. The Morgan fingerprint density at radius 1 is 1.39 bits per heavy atom. The molecule has 0 unspecified atom stereocenters. The van der Waals surface area contributed by atoms with Crippen LogP contribution in [0.4, 0.5) is 0 Å².